The molecule has 0 aliphatic rings. The minimum Gasteiger partial charge on any atom is -0.504 e. The van der Waals surface area contributed by atoms with E-state index in [9.17, 15) is 33.5 Å². The van der Waals surface area contributed by atoms with Crippen molar-refractivity contribution in [3.8, 4) is 34.5 Å². The number of aromatic hydroxyl groups is 2. The van der Waals surface area contributed by atoms with Gasteiger partial charge in [-0.2, -0.15) is 0 Å². The van der Waals surface area contributed by atoms with Gasteiger partial charge in [0.1, 0.15) is 5.75 Å². The second-order valence-electron chi connectivity index (χ2n) is 4.92. The molecule has 0 radical (unpaired) electrons. The van der Waals surface area contributed by atoms with E-state index >= 15 is 0 Å². The quantitative estimate of drug-likeness (QED) is 0.391. The first-order chi connectivity index (χ1) is 12.6. The molecule has 0 atom stereocenters. The highest BCUT2D eigenvalue weighted by molar-refractivity contribution is 5.67. The number of phenolic OH excluding ortho intramolecular Hbond substituents is 2. The number of rotatable bonds is 4. The van der Waals surface area contributed by atoms with E-state index < -0.39 is 34.2 Å². The summed E-state index contributed by atoms with van der Waals surface area (Å²) in [6.07, 6.45) is -4.07. The van der Waals surface area contributed by atoms with Crippen LogP contribution in [0.4, 0.5) is 18.9 Å². The van der Waals surface area contributed by atoms with E-state index in [2.05, 4.69) is 25.1 Å². The van der Waals surface area contributed by atoms with E-state index in [-0.39, 0.29) is 17.2 Å². The number of benzene rings is 1. The lowest BCUT2D eigenvalue weighted by molar-refractivity contribution is -0.385. The first-order valence-electron chi connectivity index (χ1n) is 6.87. The number of hydrogen-bond donors (Lipinski definition) is 2. The van der Waals surface area contributed by atoms with Crippen molar-refractivity contribution in [2.75, 3.05) is 0 Å². The zero-order valence-electron chi connectivity index (χ0n) is 12.8. The molecule has 0 fully saturated rings. The Morgan fingerprint density at radius 3 is 2.56 bits per heavy atom. The number of hydrogen-bond acceptors (Lipinski definition) is 9. The van der Waals surface area contributed by atoms with Gasteiger partial charge in [-0.3, -0.25) is 10.1 Å². The van der Waals surface area contributed by atoms with Crippen molar-refractivity contribution in [2.45, 2.75) is 6.36 Å². The van der Waals surface area contributed by atoms with Crippen LogP contribution >= 0.6 is 0 Å². The predicted octanol–water partition coefficient (Wildman–Crippen LogP) is 1.94. The first-order valence-corrected chi connectivity index (χ1v) is 6.87. The van der Waals surface area contributed by atoms with Gasteiger partial charge in [0.25, 0.3) is 0 Å². The zero-order valence-corrected chi connectivity index (χ0v) is 12.8. The van der Waals surface area contributed by atoms with E-state index in [4.69, 9.17) is 0 Å². The van der Waals surface area contributed by atoms with Gasteiger partial charge < -0.3 is 14.9 Å². The molecule has 3 rings (SSSR count). The van der Waals surface area contributed by atoms with Gasteiger partial charge in [0.15, 0.2) is 11.6 Å². The number of aromatic nitrogens is 5. The lowest BCUT2D eigenvalue weighted by Crippen LogP contribution is -2.17. The maximum Gasteiger partial charge on any atom is 0.573 e. The maximum atomic E-state index is 12.1. The number of halogens is 3. The summed E-state index contributed by atoms with van der Waals surface area (Å²) in [4.78, 5) is 14.5. The third-order valence-corrected chi connectivity index (χ3v) is 3.10. The summed E-state index contributed by atoms with van der Waals surface area (Å²) in [7, 11) is 0. The molecule has 0 spiro atoms. The summed E-state index contributed by atoms with van der Waals surface area (Å²) in [5.41, 5.74) is -0.798. The molecular formula is C13H7F3N6O5. The van der Waals surface area contributed by atoms with Gasteiger partial charge in [-0.1, -0.05) is 0 Å². The van der Waals surface area contributed by atoms with E-state index in [1.165, 1.54) is 0 Å². The van der Waals surface area contributed by atoms with Crippen LogP contribution in [0.1, 0.15) is 0 Å². The molecule has 0 aliphatic heterocycles. The lowest BCUT2D eigenvalue weighted by Gasteiger charge is -2.08. The fraction of sp³-hybridized carbons (Fsp3) is 0.0769. The van der Waals surface area contributed by atoms with Crippen molar-refractivity contribution in [2.24, 2.45) is 0 Å². The van der Waals surface area contributed by atoms with Crippen LogP contribution < -0.4 is 4.74 Å². The number of nitrogens with zero attached hydrogens (tertiary/aromatic N) is 6. The Kier molecular flexibility index (Phi) is 4.23. The molecular weight excluding hydrogens is 377 g/mol. The summed E-state index contributed by atoms with van der Waals surface area (Å²) in [5, 5.41) is 41.1. The predicted molar refractivity (Wildman–Crippen MR) is 79.1 cm³/mol. The van der Waals surface area contributed by atoms with Crippen molar-refractivity contribution in [3.05, 3.63) is 40.6 Å². The third kappa shape index (κ3) is 3.83. The molecule has 0 saturated carbocycles. The Balaban J connectivity index is 1.90. The molecule has 2 heterocycles. The molecule has 2 N–H and O–H groups in total. The van der Waals surface area contributed by atoms with Gasteiger partial charge in [-0.05, 0) is 23.4 Å². The Labute approximate surface area is 146 Å². The summed E-state index contributed by atoms with van der Waals surface area (Å²) < 4.78 is 40.1. The average molecular weight is 384 g/mol. The summed E-state index contributed by atoms with van der Waals surface area (Å²) in [6, 6.07) is 4.01. The van der Waals surface area contributed by atoms with Crippen LogP contribution in [0.25, 0.3) is 17.2 Å². The standard InChI is InChI=1S/C13H7F3N6O5/c14-13(15,16)27-7-1-2-10(17-5-7)21-19-12(18-20-21)6-3-8(22(25)26)11(24)9(23)4-6/h1-5,23-24H. The Morgan fingerprint density at radius 2 is 1.96 bits per heavy atom. The molecule has 3 aromatic rings. The topological polar surface area (TPSA) is 149 Å². The summed E-state index contributed by atoms with van der Waals surface area (Å²) in [5.74, 6) is -2.40. The molecule has 0 bridgehead atoms. The molecule has 0 saturated heterocycles. The molecule has 11 nitrogen and oxygen atoms in total. The second kappa shape index (κ2) is 6.40. The second-order valence-corrected chi connectivity index (χ2v) is 4.92. The van der Waals surface area contributed by atoms with Gasteiger partial charge in [-0.15, -0.1) is 28.2 Å². The highest BCUT2D eigenvalue weighted by atomic mass is 19.4. The van der Waals surface area contributed by atoms with Gasteiger partial charge in [0.2, 0.25) is 11.6 Å². The molecule has 0 amide bonds. The van der Waals surface area contributed by atoms with Crippen LogP contribution in [0.2, 0.25) is 0 Å². The number of nitro benzene ring substituents is 1. The zero-order chi connectivity index (χ0) is 19.8. The number of alkyl halides is 3. The molecule has 140 valence electrons. The fourth-order valence-corrected chi connectivity index (χ4v) is 1.98. The van der Waals surface area contributed by atoms with Crippen LogP contribution in [0, 0.1) is 10.1 Å². The van der Waals surface area contributed by atoms with Crippen LogP contribution in [0.15, 0.2) is 30.5 Å². The van der Waals surface area contributed by atoms with Crippen molar-refractivity contribution in [3.63, 3.8) is 0 Å². The van der Waals surface area contributed by atoms with Crippen molar-refractivity contribution in [1.82, 2.24) is 25.2 Å². The Morgan fingerprint density at radius 1 is 1.22 bits per heavy atom. The van der Waals surface area contributed by atoms with Crippen molar-refractivity contribution < 1.29 is 33.0 Å². The number of pyridine rings is 1. The van der Waals surface area contributed by atoms with E-state index in [0.29, 0.717) is 0 Å². The largest absolute Gasteiger partial charge is 0.573 e. The highest BCUT2D eigenvalue weighted by Crippen LogP contribution is 2.38. The SMILES string of the molecule is O=[N+]([O-])c1cc(-c2nnn(-c3ccc(OC(F)(F)F)cn3)n2)cc(O)c1O. The van der Waals surface area contributed by atoms with E-state index in [1.807, 2.05) is 0 Å². The molecule has 1 aromatic carbocycles. The van der Waals surface area contributed by atoms with Gasteiger partial charge in [-0.25, -0.2) is 4.98 Å². The Hall–Kier alpha value is -3.97. The minimum atomic E-state index is -4.86. The fourth-order valence-electron chi connectivity index (χ4n) is 1.98. The normalized spacial score (nSPS) is 11.4. The molecule has 14 heteroatoms. The number of tetrazole rings is 1. The first kappa shape index (κ1) is 17.8. The minimum absolute atomic E-state index is 0.0132. The Bertz CT molecular complexity index is 1000. The highest BCUT2D eigenvalue weighted by Gasteiger charge is 2.31. The third-order valence-electron chi connectivity index (χ3n) is 3.10. The molecule has 0 aliphatic carbocycles. The molecule has 0 unspecified atom stereocenters. The van der Waals surface area contributed by atoms with Crippen molar-refractivity contribution >= 4 is 5.69 Å². The van der Waals surface area contributed by atoms with Crippen LogP contribution in [-0.2, 0) is 0 Å². The van der Waals surface area contributed by atoms with Crippen LogP contribution in [-0.4, -0.2) is 46.7 Å². The number of ether oxygens (including phenoxy) is 1. The van der Waals surface area contributed by atoms with Gasteiger partial charge >= 0.3 is 12.0 Å². The van der Waals surface area contributed by atoms with Crippen molar-refractivity contribution in [1.29, 1.82) is 0 Å². The summed E-state index contributed by atoms with van der Waals surface area (Å²) >= 11 is 0. The molecule has 27 heavy (non-hydrogen) atoms. The van der Waals surface area contributed by atoms with Crippen LogP contribution in [0.3, 0.4) is 0 Å². The van der Waals surface area contributed by atoms with Crippen LogP contribution in [0.5, 0.6) is 17.2 Å². The smallest absolute Gasteiger partial charge is 0.504 e. The van der Waals surface area contributed by atoms with Gasteiger partial charge in [0.05, 0.1) is 11.1 Å². The summed E-state index contributed by atoms with van der Waals surface area (Å²) in [6.45, 7) is 0. The maximum absolute atomic E-state index is 12.1. The average Bonchev–Trinajstić information content (AvgIpc) is 3.06. The lowest BCUT2D eigenvalue weighted by atomic mass is 10.1. The van der Waals surface area contributed by atoms with Gasteiger partial charge in [0, 0.05) is 11.6 Å². The van der Waals surface area contributed by atoms with E-state index in [1.54, 1.807) is 0 Å². The molecule has 2 aromatic heterocycles. The van der Waals surface area contributed by atoms with E-state index in [0.717, 1.165) is 35.3 Å². The number of phenols is 2. The number of nitro groups is 1. The monoisotopic (exact) mass is 384 g/mol.